The fourth-order valence-corrected chi connectivity index (χ4v) is 3.76. The molecule has 0 saturated carbocycles. The van der Waals surface area contributed by atoms with Gasteiger partial charge < -0.3 is 24.9 Å². The van der Waals surface area contributed by atoms with Gasteiger partial charge in [-0.3, -0.25) is 9.59 Å². The molecule has 1 heterocycles. The molecule has 0 aliphatic carbocycles. The number of primary amides is 1. The highest BCUT2D eigenvalue weighted by molar-refractivity contribution is 6.45. The lowest BCUT2D eigenvalue weighted by molar-refractivity contribution is -0.139. The smallest absolute Gasteiger partial charge is 0.341 e. The summed E-state index contributed by atoms with van der Waals surface area (Å²) in [5, 5.41) is 9.34. The standard InChI is InChI=1S/C24H24N2O7/c1-3-16-21(22(29)23(25)30)20-17(26(16)12-14-8-6-5-7-9-14)10-15(24(31)32-4-2)11-18(20)33-13-19(27)28/h5-11H,3-4,12-13H2,1-2H3,(H2,25,30)(H,27,28). The van der Waals surface area contributed by atoms with Gasteiger partial charge in [0.15, 0.2) is 6.61 Å². The maximum absolute atomic E-state index is 12.9. The van der Waals surface area contributed by atoms with Gasteiger partial charge in [-0.25, -0.2) is 9.59 Å². The third-order valence-electron chi connectivity index (χ3n) is 5.07. The van der Waals surface area contributed by atoms with E-state index in [9.17, 15) is 19.2 Å². The van der Waals surface area contributed by atoms with Crippen LogP contribution in [0.3, 0.4) is 0 Å². The Hall–Kier alpha value is -4.14. The molecule has 3 rings (SSSR count). The number of aromatic nitrogens is 1. The number of carbonyl (C=O) groups excluding carboxylic acids is 3. The monoisotopic (exact) mass is 452 g/mol. The Labute approximate surface area is 189 Å². The number of rotatable bonds is 10. The summed E-state index contributed by atoms with van der Waals surface area (Å²) in [4.78, 5) is 48.4. The molecule has 172 valence electrons. The minimum absolute atomic E-state index is 0.0240. The van der Waals surface area contributed by atoms with E-state index in [-0.39, 0.29) is 28.9 Å². The van der Waals surface area contributed by atoms with E-state index in [1.165, 1.54) is 6.07 Å². The highest BCUT2D eigenvalue weighted by atomic mass is 16.5. The molecular formula is C24H24N2O7. The van der Waals surface area contributed by atoms with Crippen molar-refractivity contribution in [1.29, 1.82) is 0 Å². The zero-order chi connectivity index (χ0) is 24.1. The summed E-state index contributed by atoms with van der Waals surface area (Å²) in [5.41, 5.74) is 7.33. The minimum Gasteiger partial charge on any atom is -0.481 e. The summed E-state index contributed by atoms with van der Waals surface area (Å²) in [6.07, 6.45) is 0.364. The van der Waals surface area contributed by atoms with Crippen molar-refractivity contribution in [3.8, 4) is 5.75 Å². The molecule has 0 radical (unpaired) electrons. The molecule has 2 aromatic carbocycles. The molecular weight excluding hydrogens is 428 g/mol. The van der Waals surface area contributed by atoms with Gasteiger partial charge in [-0.2, -0.15) is 0 Å². The van der Waals surface area contributed by atoms with E-state index in [1.54, 1.807) is 17.6 Å². The predicted molar refractivity (Wildman–Crippen MR) is 119 cm³/mol. The van der Waals surface area contributed by atoms with E-state index < -0.39 is 30.2 Å². The predicted octanol–water partition coefficient (Wildman–Crippen LogP) is 2.56. The van der Waals surface area contributed by atoms with Crippen LogP contribution in [0.1, 0.15) is 45.8 Å². The van der Waals surface area contributed by atoms with Crippen LogP contribution < -0.4 is 10.5 Å². The Morgan fingerprint density at radius 2 is 1.76 bits per heavy atom. The van der Waals surface area contributed by atoms with Gasteiger partial charge in [0.05, 0.1) is 28.6 Å². The van der Waals surface area contributed by atoms with Crippen molar-refractivity contribution in [1.82, 2.24) is 4.57 Å². The van der Waals surface area contributed by atoms with E-state index in [0.717, 1.165) is 5.56 Å². The van der Waals surface area contributed by atoms with Crippen molar-refractivity contribution in [3.05, 3.63) is 64.8 Å². The fourth-order valence-electron chi connectivity index (χ4n) is 3.76. The second-order valence-corrected chi connectivity index (χ2v) is 7.21. The van der Waals surface area contributed by atoms with Crippen molar-refractivity contribution in [2.24, 2.45) is 5.73 Å². The van der Waals surface area contributed by atoms with Crippen LogP contribution in [-0.4, -0.2) is 46.5 Å². The number of aliphatic carboxylic acids is 1. The topological polar surface area (TPSA) is 138 Å². The number of carboxylic acids is 1. The number of fused-ring (bicyclic) bond motifs is 1. The first-order valence-corrected chi connectivity index (χ1v) is 10.4. The average Bonchev–Trinajstić information content (AvgIpc) is 3.10. The number of esters is 1. The maximum Gasteiger partial charge on any atom is 0.341 e. The Kier molecular flexibility index (Phi) is 7.12. The zero-order valence-corrected chi connectivity index (χ0v) is 18.3. The molecule has 0 unspecified atom stereocenters. The number of amides is 1. The molecule has 0 atom stereocenters. The third kappa shape index (κ3) is 4.87. The van der Waals surface area contributed by atoms with E-state index in [2.05, 4.69) is 0 Å². The lowest BCUT2D eigenvalue weighted by atomic mass is 10.0. The quantitative estimate of drug-likeness (QED) is 0.274. The molecule has 0 fully saturated rings. The van der Waals surface area contributed by atoms with Crippen LogP contribution in [0.2, 0.25) is 0 Å². The van der Waals surface area contributed by atoms with Crippen LogP contribution in [-0.2, 0) is 27.3 Å². The normalized spacial score (nSPS) is 10.7. The van der Waals surface area contributed by atoms with Crippen molar-refractivity contribution >= 4 is 34.5 Å². The SMILES string of the molecule is CCOC(=O)c1cc(OCC(=O)O)c2c(C(=O)C(N)=O)c(CC)n(Cc3ccccc3)c2c1. The number of benzene rings is 2. The van der Waals surface area contributed by atoms with E-state index in [0.29, 0.717) is 24.2 Å². The molecule has 0 aliphatic rings. The van der Waals surface area contributed by atoms with Gasteiger partial charge in [0.2, 0.25) is 0 Å². The summed E-state index contributed by atoms with van der Waals surface area (Å²) in [7, 11) is 0. The van der Waals surface area contributed by atoms with Crippen LogP contribution in [0, 0.1) is 0 Å². The molecule has 33 heavy (non-hydrogen) atoms. The van der Waals surface area contributed by atoms with Gasteiger partial charge in [0.1, 0.15) is 5.75 Å². The second kappa shape index (κ2) is 9.99. The van der Waals surface area contributed by atoms with Crippen LogP contribution in [0.5, 0.6) is 5.75 Å². The molecule has 0 bridgehead atoms. The number of carboxylic acid groups (broad SMARTS) is 1. The number of carbonyl (C=O) groups is 4. The first-order valence-electron chi connectivity index (χ1n) is 10.4. The molecule has 9 heteroatoms. The minimum atomic E-state index is -1.24. The summed E-state index contributed by atoms with van der Waals surface area (Å²) in [5.74, 6) is -3.97. The van der Waals surface area contributed by atoms with Gasteiger partial charge in [-0.05, 0) is 31.0 Å². The number of ketones is 1. The summed E-state index contributed by atoms with van der Waals surface area (Å²) in [6, 6.07) is 12.3. The number of nitrogens with zero attached hydrogens (tertiary/aromatic N) is 1. The van der Waals surface area contributed by atoms with Crippen molar-refractivity contribution in [3.63, 3.8) is 0 Å². The molecule has 0 spiro atoms. The van der Waals surface area contributed by atoms with E-state index in [1.807, 2.05) is 37.3 Å². The lowest BCUT2D eigenvalue weighted by Gasteiger charge is -2.12. The largest absolute Gasteiger partial charge is 0.481 e. The zero-order valence-electron chi connectivity index (χ0n) is 18.3. The number of hydrogen-bond acceptors (Lipinski definition) is 6. The molecule has 1 amide bonds. The summed E-state index contributed by atoms with van der Waals surface area (Å²) in [6.45, 7) is 3.24. The van der Waals surface area contributed by atoms with E-state index in [4.69, 9.17) is 20.3 Å². The molecule has 3 aromatic rings. The van der Waals surface area contributed by atoms with Gasteiger partial charge in [-0.1, -0.05) is 37.3 Å². The molecule has 1 aromatic heterocycles. The van der Waals surface area contributed by atoms with Crippen LogP contribution >= 0.6 is 0 Å². The molecule has 0 saturated heterocycles. The van der Waals surface area contributed by atoms with Gasteiger partial charge in [0, 0.05) is 12.2 Å². The first-order chi connectivity index (χ1) is 15.8. The molecule has 3 N–H and O–H groups in total. The van der Waals surface area contributed by atoms with Crippen LogP contribution in [0.4, 0.5) is 0 Å². The molecule has 9 nitrogen and oxygen atoms in total. The highest BCUT2D eigenvalue weighted by Crippen LogP contribution is 2.37. The first kappa shape index (κ1) is 23.5. The number of nitrogens with two attached hydrogens (primary N) is 1. The maximum atomic E-state index is 12.9. The van der Waals surface area contributed by atoms with Crippen LogP contribution in [0.15, 0.2) is 42.5 Å². The van der Waals surface area contributed by atoms with Crippen molar-refractivity contribution in [2.45, 2.75) is 26.8 Å². The third-order valence-corrected chi connectivity index (χ3v) is 5.07. The summed E-state index contributed by atoms with van der Waals surface area (Å²) >= 11 is 0. The number of hydrogen-bond donors (Lipinski definition) is 2. The number of Topliss-reactive ketones (excluding diaryl/α,β-unsaturated/α-hetero) is 1. The fraction of sp³-hybridized carbons (Fsp3) is 0.250. The van der Waals surface area contributed by atoms with Gasteiger partial charge in [-0.15, -0.1) is 0 Å². The Balaban J connectivity index is 2.38. The second-order valence-electron chi connectivity index (χ2n) is 7.21. The number of ether oxygens (including phenoxy) is 2. The Bertz CT molecular complexity index is 1230. The summed E-state index contributed by atoms with van der Waals surface area (Å²) < 4.78 is 12.4. The Morgan fingerprint density at radius 3 is 2.33 bits per heavy atom. The van der Waals surface area contributed by atoms with Crippen molar-refractivity contribution < 1.29 is 33.8 Å². The molecule has 0 aliphatic heterocycles. The lowest BCUT2D eigenvalue weighted by Crippen LogP contribution is -2.24. The highest BCUT2D eigenvalue weighted by Gasteiger charge is 2.29. The van der Waals surface area contributed by atoms with Gasteiger partial charge in [0.25, 0.3) is 11.7 Å². The van der Waals surface area contributed by atoms with E-state index >= 15 is 0 Å². The Morgan fingerprint density at radius 1 is 1.06 bits per heavy atom. The van der Waals surface area contributed by atoms with Crippen molar-refractivity contribution in [2.75, 3.05) is 13.2 Å². The average molecular weight is 452 g/mol. The van der Waals surface area contributed by atoms with Crippen LogP contribution in [0.25, 0.3) is 10.9 Å². The van der Waals surface area contributed by atoms with Gasteiger partial charge >= 0.3 is 11.9 Å².